The third-order valence-corrected chi connectivity index (χ3v) is 5.51. The van der Waals surface area contributed by atoms with Crippen LogP contribution in [0, 0.1) is 0 Å². The molecular formula is C19H23N3O. The van der Waals surface area contributed by atoms with E-state index in [0.717, 1.165) is 17.8 Å². The van der Waals surface area contributed by atoms with E-state index in [1.54, 1.807) is 12.3 Å². The monoisotopic (exact) mass is 309 g/mol. The maximum Gasteiger partial charge on any atom is 0.271 e. The minimum Gasteiger partial charge on any atom is -0.298 e. The lowest BCUT2D eigenvalue weighted by atomic mass is 9.75. The molecule has 1 aliphatic heterocycles. The zero-order chi connectivity index (χ0) is 15.8. The van der Waals surface area contributed by atoms with Crippen molar-refractivity contribution in [3.63, 3.8) is 0 Å². The van der Waals surface area contributed by atoms with Gasteiger partial charge in [-0.2, -0.15) is 9.78 Å². The van der Waals surface area contributed by atoms with Gasteiger partial charge in [-0.1, -0.05) is 12.1 Å². The van der Waals surface area contributed by atoms with Crippen LogP contribution < -0.4 is 5.56 Å². The van der Waals surface area contributed by atoms with Crippen LogP contribution in [0.5, 0.6) is 0 Å². The Balaban J connectivity index is 1.44. The van der Waals surface area contributed by atoms with Gasteiger partial charge in [0.15, 0.2) is 0 Å². The van der Waals surface area contributed by atoms with E-state index in [0.29, 0.717) is 5.92 Å². The number of hydrogen-bond donors (Lipinski definition) is 0. The van der Waals surface area contributed by atoms with Gasteiger partial charge in [0.05, 0.1) is 5.69 Å². The fraction of sp³-hybridized carbons (Fsp3) is 0.474. The highest BCUT2D eigenvalue weighted by Gasteiger charge is 2.37. The van der Waals surface area contributed by atoms with Crippen molar-refractivity contribution in [1.29, 1.82) is 0 Å². The predicted octanol–water partition coefficient (Wildman–Crippen LogP) is 2.96. The van der Waals surface area contributed by atoms with Gasteiger partial charge in [0.1, 0.15) is 0 Å². The summed E-state index contributed by atoms with van der Waals surface area (Å²) in [6.45, 7) is 3.64. The molecule has 2 aliphatic rings. The average molecular weight is 309 g/mol. The molecule has 2 aromatic rings. The molecule has 1 aromatic carbocycles. The highest BCUT2D eigenvalue weighted by atomic mass is 16.1. The first-order chi connectivity index (χ1) is 11.2. The van der Waals surface area contributed by atoms with Crippen molar-refractivity contribution < 1.29 is 0 Å². The standard InChI is InChI=1S/C19H23N3O/c1-14-4-3-11-21(14)18-12-16(13-18)15-6-8-17(9-7-15)22-19(23)5-2-10-20-22/h2,5-10,14,16,18H,3-4,11-13H2,1H3/t14-,16-,18-/m1/s1. The molecule has 1 atom stereocenters. The lowest BCUT2D eigenvalue weighted by Gasteiger charge is -2.43. The predicted molar refractivity (Wildman–Crippen MR) is 91.0 cm³/mol. The van der Waals surface area contributed by atoms with Crippen LogP contribution in [-0.4, -0.2) is 33.3 Å². The molecule has 4 nitrogen and oxygen atoms in total. The molecule has 1 aromatic heterocycles. The molecule has 120 valence electrons. The van der Waals surface area contributed by atoms with Crippen LogP contribution in [0.2, 0.25) is 0 Å². The van der Waals surface area contributed by atoms with Crippen molar-refractivity contribution in [2.75, 3.05) is 6.54 Å². The Morgan fingerprint density at radius 3 is 2.57 bits per heavy atom. The number of aromatic nitrogens is 2. The lowest BCUT2D eigenvalue weighted by Crippen LogP contribution is -2.45. The summed E-state index contributed by atoms with van der Waals surface area (Å²) < 4.78 is 1.44. The van der Waals surface area contributed by atoms with Gasteiger partial charge in [-0.15, -0.1) is 0 Å². The summed E-state index contributed by atoms with van der Waals surface area (Å²) in [5.74, 6) is 0.669. The van der Waals surface area contributed by atoms with Crippen LogP contribution in [0.4, 0.5) is 0 Å². The number of rotatable bonds is 3. The zero-order valence-corrected chi connectivity index (χ0v) is 13.6. The molecule has 0 amide bonds. The van der Waals surface area contributed by atoms with Crippen molar-refractivity contribution in [2.24, 2.45) is 0 Å². The highest BCUT2D eigenvalue weighted by Crippen LogP contribution is 2.42. The largest absolute Gasteiger partial charge is 0.298 e. The van der Waals surface area contributed by atoms with Crippen LogP contribution in [0.1, 0.15) is 44.1 Å². The second kappa shape index (κ2) is 5.93. The molecule has 1 saturated carbocycles. The summed E-state index contributed by atoms with van der Waals surface area (Å²) in [5.41, 5.74) is 2.14. The second-order valence-electron chi connectivity index (χ2n) is 6.92. The van der Waals surface area contributed by atoms with Crippen molar-refractivity contribution >= 4 is 0 Å². The van der Waals surface area contributed by atoms with E-state index in [2.05, 4.69) is 29.1 Å². The molecule has 4 heteroatoms. The maximum atomic E-state index is 11.8. The molecular weight excluding hydrogens is 286 g/mol. The van der Waals surface area contributed by atoms with Gasteiger partial charge in [0, 0.05) is 24.3 Å². The van der Waals surface area contributed by atoms with Crippen LogP contribution >= 0.6 is 0 Å². The first kappa shape index (κ1) is 14.6. The van der Waals surface area contributed by atoms with Crippen molar-refractivity contribution in [3.05, 3.63) is 58.5 Å². The summed E-state index contributed by atoms with van der Waals surface area (Å²) in [7, 11) is 0. The molecule has 23 heavy (non-hydrogen) atoms. The van der Waals surface area contributed by atoms with Crippen LogP contribution in [0.25, 0.3) is 5.69 Å². The van der Waals surface area contributed by atoms with Crippen molar-refractivity contribution in [1.82, 2.24) is 14.7 Å². The fourth-order valence-corrected chi connectivity index (χ4v) is 4.07. The molecule has 2 fully saturated rings. The van der Waals surface area contributed by atoms with Gasteiger partial charge in [-0.25, -0.2) is 0 Å². The molecule has 0 N–H and O–H groups in total. The molecule has 4 rings (SSSR count). The maximum absolute atomic E-state index is 11.8. The number of hydrogen-bond acceptors (Lipinski definition) is 3. The minimum absolute atomic E-state index is 0.0908. The topological polar surface area (TPSA) is 38.1 Å². The Morgan fingerprint density at radius 2 is 1.91 bits per heavy atom. The third kappa shape index (κ3) is 2.72. The molecule has 2 heterocycles. The van der Waals surface area contributed by atoms with E-state index in [1.165, 1.54) is 48.5 Å². The quantitative estimate of drug-likeness (QED) is 0.875. The van der Waals surface area contributed by atoms with E-state index in [1.807, 2.05) is 12.1 Å². The van der Waals surface area contributed by atoms with Gasteiger partial charge in [-0.3, -0.25) is 9.69 Å². The Bertz CT molecular complexity index is 731. The Kier molecular flexibility index (Phi) is 3.77. The fourth-order valence-electron chi connectivity index (χ4n) is 4.07. The minimum atomic E-state index is -0.0908. The first-order valence-electron chi connectivity index (χ1n) is 8.63. The number of benzene rings is 1. The molecule has 0 bridgehead atoms. The summed E-state index contributed by atoms with van der Waals surface area (Å²) in [5, 5.41) is 4.13. The average Bonchev–Trinajstić information content (AvgIpc) is 2.93. The van der Waals surface area contributed by atoms with Gasteiger partial charge in [0.25, 0.3) is 5.56 Å². The summed E-state index contributed by atoms with van der Waals surface area (Å²) in [6, 6.07) is 13.1. The van der Waals surface area contributed by atoms with Gasteiger partial charge >= 0.3 is 0 Å². The zero-order valence-electron chi connectivity index (χ0n) is 13.6. The van der Waals surface area contributed by atoms with Crippen LogP contribution in [-0.2, 0) is 0 Å². The second-order valence-corrected chi connectivity index (χ2v) is 6.92. The van der Waals surface area contributed by atoms with Gasteiger partial charge in [0.2, 0.25) is 0 Å². The van der Waals surface area contributed by atoms with E-state index in [-0.39, 0.29) is 5.56 Å². The Labute approximate surface area is 136 Å². The van der Waals surface area contributed by atoms with E-state index < -0.39 is 0 Å². The van der Waals surface area contributed by atoms with Crippen LogP contribution in [0.3, 0.4) is 0 Å². The molecule has 0 radical (unpaired) electrons. The molecule has 0 spiro atoms. The first-order valence-corrected chi connectivity index (χ1v) is 8.63. The number of nitrogens with zero attached hydrogens (tertiary/aromatic N) is 3. The molecule has 0 unspecified atom stereocenters. The summed E-state index contributed by atoms with van der Waals surface area (Å²) in [6.07, 6.45) is 6.90. The third-order valence-electron chi connectivity index (χ3n) is 5.51. The summed E-state index contributed by atoms with van der Waals surface area (Å²) >= 11 is 0. The Hall–Kier alpha value is -1.94. The number of likely N-dealkylation sites (tertiary alicyclic amines) is 1. The summed E-state index contributed by atoms with van der Waals surface area (Å²) in [4.78, 5) is 14.5. The molecule has 1 saturated heterocycles. The normalized spacial score (nSPS) is 27.8. The SMILES string of the molecule is C[C@@H]1CCCN1[C@H]1C[C@H](c2ccc(-n3ncccc3=O)cc2)C1. The highest BCUT2D eigenvalue weighted by molar-refractivity contribution is 5.36. The van der Waals surface area contributed by atoms with E-state index in [9.17, 15) is 4.79 Å². The van der Waals surface area contributed by atoms with Gasteiger partial charge < -0.3 is 0 Å². The van der Waals surface area contributed by atoms with E-state index >= 15 is 0 Å². The smallest absolute Gasteiger partial charge is 0.271 e. The van der Waals surface area contributed by atoms with Gasteiger partial charge in [-0.05, 0) is 68.8 Å². The van der Waals surface area contributed by atoms with E-state index in [4.69, 9.17) is 0 Å². The lowest BCUT2D eigenvalue weighted by molar-refractivity contribution is 0.103. The van der Waals surface area contributed by atoms with Crippen LogP contribution in [0.15, 0.2) is 47.4 Å². The van der Waals surface area contributed by atoms with Crippen molar-refractivity contribution in [2.45, 2.75) is 50.6 Å². The molecule has 1 aliphatic carbocycles. The Morgan fingerprint density at radius 1 is 1.13 bits per heavy atom. The van der Waals surface area contributed by atoms with Crippen molar-refractivity contribution in [3.8, 4) is 5.69 Å².